The van der Waals surface area contributed by atoms with Gasteiger partial charge < -0.3 is 14.8 Å². The molecule has 19 heavy (non-hydrogen) atoms. The lowest BCUT2D eigenvalue weighted by Crippen LogP contribution is -2.30. The number of ether oxygens (including phenoxy) is 2. The average Bonchev–Trinajstić information content (AvgIpc) is 3.01. The molecule has 0 aromatic carbocycles. The Morgan fingerprint density at radius 3 is 3.05 bits per heavy atom. The van der Waals surface area contributed by atoms with Gasteiger partial charge in [-0.15, -0.1) is 0 Å². The fourth-order valence-corrected chi connectivity index (χ4v) is 2.33. The first-order valence-electron chi connectivity index (χ1n) is 7.08. The lowest BCUT2D eigenvalue weighted by Gasteiger charge is -2.21. The minimum Gasteiger partial charge on any atom is -0.383 e. The first kappa shape index (κ1) is 14.3. The topological polar surface area (TPSA) is 48.3 Å². The number of methoxy groups -OCH3 is 1. The van der Waals surface area contributed by atoms with Crippen molar-refractivity contribution in [3.8, 4) is 0 Å². The summed E-state index contributed by atoms with van der Waals surface area (Å²) in [5.41, 5.74) is 1.05. The normalized spacial score (nSPS) is 20.9. The second-order valence-corrected chi connectivity index (χ2v) is 5.54. The monoisotopic (exact) mass is 267 g/mol. The van der Waals surface area contributed by atoms with E-state index in [1.54, 1.807) is 7.11 Å². The summed E-state index contributed by atoms with van der Waals surface area (Å²) in [5, 5.41) is 7.86. The minimum atomic E-state index is 0.311. The number of nitrogens with one attached hydrogen (secondary N) is 1. The number of anilines is 1. The van der Waals surface area contributed by atoms with Crippen LogP contribution in [-0.2, 0) is 16.0 Å². The van der Waals surface area contributed by atoms with Crippen LogP contribution in [-0.4, -0.2) is 42.2 Å². The molecule has 5 nitrogen and oxygen atoms in total. The Kier molecular flexibility index (Phi) is 5.22. The molecule has 1 aliphatic heterocycles. The molecular formula is C14H25N3O2. The van der Waals surface area contributed by atoms with E-state index in [1.165, 1.54) is 6.42 Å². The van der Waals surface area contributed by atoms with Gasteiger partial charge >= 0.3 is 0 Å². The zero-order valence-electron chi connectivity index (χ0n) is 12.1. The van der Waals surface area contributed by atoms with Crippen LogP contribution < -0.4 is 5.32 Å². The van der Waals surface area contributed by atoms with Gasteiger partial charge in [0, 0.05) is 19.9 Å². The predicted octanol–water partition coefficient (Wildman–Crippen LogP) is 2.14. The minimum absolute atomic E-state index is 0.311. The summed E-state index contributed by atoms with van der Waals surface area (Å²) in [6.07, 6.45) is 6.56. The molecule has 1 fully saturated rings. The second kappa shape index (κ2) is 6.91. The van der Waals surface area contributed by atoms with Crippen molar-refractivity contribution >= 4 is 5.69 Å². The van der Waals surface area contributed by atoms with Gasteiger partial charge in [0.15, 0.2) is 0 Å². The van der Waals surface area contributed by atoms with Crippen LogP contribution in [0.2, 0.25) is 0 Å². The van der Waals surface area contributed by atoms with Crippen LogP contribution in [0.4, 0.5) is 5.69 Å². The number of hydrogen-bond acceptors (Lipinski definition) is 4. The van der Waals surface area contributed by atoms with Crippen LogP contribution in [0.15, 0.2) is 12.4 Å². The predicted molar refractivity (Wildman–Crippen MR) is 75.3 cm³/mol. The SMILES string of the molecule is COCC(Nc1cnn(CC2CCCO2)c1)C(C)C. The van der Waals surface area contributed by atoms with Crippen LogP contribution in [0.3, 0.4) is 0 Å². The van der Waals surface area contributed by atoms with E-state index in [0.717, 1.165) is 25.3 Å². The van der Waals surface area contributed by atoms with E-state index in [9.17, 15) is 0 Å². The molecule has 2 rings (SSSR count). The molecule has 0 radical (unpaired) electrons. The van der Waals surface area contributed by atoms with E-state index in [2.05, 4.69) is 24.3 Å². The van der Waals surface area contributed by atoms with Gasteiger partial charge in [0.25, 0.3) is 0 Å². The Morgan fingerprint density at radius 1 is 1.58 bits per heavy atom. The van der Waals surface area contributed by atoms with E-state index in [1.807, 2.05) is 17.1 Å². The van der Waals surface area contributed by atoms with Gasteiger partial charge in [0.2, 0.25) is 0 Å². The average molecular weight is 267 g/mol. The summed E-state index contributed by atoms with van der Waals surface area (Å²) in [5.74, 6) is 0.515. The lowest BCUT2D eigenvalue weighted by molar-refractivity contribution is 0.0940. The third-order valence-electron chi connectivity index (χ3n) is 3.55. The first-order chi connectivity index (χ1) is 9.19. The third kappa shape index (κ3) is 4.21. The highest BCUT2D eigenvalue weighted by atomic mass is 16.5. The van der Waals surface area contributed by atoms with Crippen molar-refractivity contribution in [2.24, 2.45) is 5.92 Å². The second-order valence-electron chi connectivity index (χ2n) is 5.54. The van der Waals surface area contributed by atoms with Crippen LogP contribution in [0.25, 0.3) is 0 Å². The van der Waals surface area contributed by atoms with Crippen molar-refractivity contribution in [2.75, 3.05) is 25.6 Å². The van der Waals surface area contributed by atoms with Gasteiger partial charge in [-0.1, -0.05) is 13.8 Å². The van der Waals surface area contributed by atoms with Crippen LogP contribution in [0, 0.1) is 5.92 Å². The van der Waals surface area contributed by atoms with Gasteiger partial charge in [-0.05, 0) is 18.8 Å². The molecule has 2 unspecified atom stereocenters. The van der Waals surface area contributed by atoms with Crippen molar-refractivity contribution in [1.82, 2.24) is 9.78 Å². The molecule has 0 aliphatic carbocycles. The maximum Gasteiger partial charge on any atom is 0.0771 e. The molecule has 2 heterocycles. The summed E-state index contributed by atoms with van der Waals surface area (Å²) in [4.78, 5) is 0. The Morgan fingerprint density at radius 2 is 2.42 bits per heavy atom. The van der Waals surface area contributed by atoms with E-state index < -0.39 is 0 Å². The van der Waals surface area contributed by atoms with Gasteiger partial charge in [-0.25, -0.2) is 0 Å². The van der Waals surface area contributed by atoms with Gasteiger partial charge in [-0.3, -0.25) is 4.68 Å². The van der Waals surface area contributed by atoms with Gasteiger partial charge in [0.1, 0.15) is 0 Å². The molecule has 1 N–H and O–H groups in total. The molecule has 0 bridgehead atoms. The highest BCUT2D eigenvalue weighted by Crippen LogP contribution is 2.16. The van der Waals surface area contributed by atoms with Crippen LogP contribution in [0.5, 0.6) is 0 Å². The van der Waals surface area contributed by atoms with Gasteiger partial charge in [0.05, 0.1) is 37.2 Å². The summed E-state index contributed by atoms with van der Waals surface area (Å²) in [6, 6.07) is 0.311. The molecule has 0 saturated carbocycles. The quantitative estimate of drug-likeness (QED) is 0.822. The lowest BCUT2D eigenvalue weighted by atomic mass is 10.1. The standard InChI is InChI=1S/C14H25N3O2/c1-11(2)14(10-18-3)16-12-7-15-17(8-12)9-13-5-4-6-19-13/h7-8,11,13-14,16H,4-6,9-10H2,1-3H3. The molecular weight excluding hydrogens is 242 g/mol. The highest BCUT2D eigenvalue weighted by molar-refractivity contribution is 5.39. The summed E-state index contributed by atoms with van der Waals surface area (Å²) in [7, 11) is 1.73. The summed E-state index contributed by atoms with van der Waals surface area (Å²) in [6.45, 7) is 6.81. The van der Waals surface area contributed by atoms with Crippen molar-refractivity contribution in [1.29, 1.82) is 0 Å². The molecule has 0 amide bonds. The molecule has 108 valence electrons. The van der Waals surface area contributed by atoms with Crippen LogP contribution >= 0.6 is 0 Å². The van der Waals surface area contributed by atoms with Crippen molar-refractivity contribution in [2.45, 2.75) is 45.4 Å². The number of rotatable bonds is 7. The number of aromatic nitrogens is 2. The molecule has 0 spiro atoms. The molecule has 1 saturated heterocycles. The first-order valence-corrected chi connectivity index (χ1v) is 7.08. The van der Waals surface area contributed by atoms with Gasteiger partial charge in [-0.2, -0.15) is 5.10 Å². The Labute approximate surface area is 115 Å². The Bertz CT molecular complexity index is 373. The zero-order chi connectivity index (χ0) is 13.7. The zero-order valence-corrected chi connectivity index (χ0v) is 12.1. The molecule has 5 heteroatoms. The van der Waals surface area contributed by atoms with E-state index >= 15 is 0 Å². The highest BCUT2D eigenvalue weighted by Gasteiger charge is 2.17. The number of hydrogen-bond donors (Lipinski definition) is 1. The maximum atomic E-state index is 5.62. The Balaban J connectivity index is 1.88. The van der Waals surface area contributed by atoms with Crippen LogP contribution in [0.1, 0.15) is 26.7 Å². The van der Waals surface area contributed by atoms with Crippen molar-refractivity contribution in [3.05, 3.63) is 12.4 Å². The van der Waals surface area contributed by atoms with E-state index in [-0.39, 0.29) is 0 Å². The fourth-order valence-electron chi connectivity index (χ4n) is 2.33. The Hall–Kier alpha value is -1.07. The van der Waals surface area contributed by atoms with E-state index in [0.29, 0.717) is 24.7 Å². The van der Waals surface area contributed by atoms with E-state index in [4.69, 9.17) is 9.47 Å². The maximum absolute atomic E-state index is 5.62. The number of nitrogens with zero attached hydrogens (tertiary/aromatic N) is 2. The molecule has 2 atom stereocenters. The summed E-state index contributed by atoms with van der Waals surface area (Å²) >= 11 is 0. The van der Waals surface area contributed by atoms with Crippen molar-refractivity contribution < 1.29 is 9.47 Å². The molecule has 1 aromatic heterocycles. The van der Waals surface area contributed by atoms with Crippen molar-refractivity contribution in [3.63, 3.8) is 0 Å². The largest absolute Gasteiger partial charge is 0.383 e. The molecule has 1 aromatic rings. The third-order valence-corrected chi connectivity index (χ3v) is 3.55. The smallest absolute Gasteiger partial charge is 0.0771 e. The molecule has 1 aliphatic rings. The summed E-state index contributed by atoms with van der Waals surface area (Å²) < 4.78 is 12.8. The fraction of sp³-hybridized carbons (Fsp3) is 0.786.